The van der Waals surface area contributed by atoms with E-state index in [0.717, 1.165) is 5.56 Å². The van der Waals surface area contributed by atoms with Crippen molar-refractivity contribution in [2.45, 2.75) is 32.6 Å². The van der Waals surface area contributed by atoms with Crippen LogP contribution in [0.4, 0.5) is 5.69 Å². The third-order valence-corrected chi connectivity index (χ3v) is 4.90. The predicted octanol–water partition coefficient (Wildman–Crippen LogP) is 1.98. The van der Waals surface area contributed by atoms with Crippen LogP contribution in [0.2, 0.25) is 0 Å². The van der Waals surface area contributed by atoms with Gasteiger partial charge in [-0.25, -0.2) is 8.42 Å². The number of amides is 1. The van der Waals surface area contributed by atoms with Gasteiger partial charge >= 0.3 is 0 Å². The molecule has 0 radical (unpaired) electrons. The molecule has 0 fully saturated rings. The van der Waals surface area contributed by atoms with E-state index in [0.29, 0.717) is 18.8 Å². The molecule has 1 aromatic carbocycles. The van der Waals surface area contributed by atoms with Crippen LogP contribution in [0.3, 0.4) is 0 Å². The highest BCUT2D eigenvalue weighted by atomic mass is 32.2. The van der Waals surface area contributed by atoms with Crippen LogP contribution in [0.25, 0.3) is 0 Å². The van der Waals surface area contributed by atoms with Crippen LogP contribution in [0.5, 0.6) is 0 Å². The number of carbonyl (C=O) groups is 1. The lowest BCUT2D eigenvalue weighted by atomic mass is 10.2. The zero-order valence-electron chi connectivity index (χ0n) is 11.7. The maximum atomic E-state index is 12.3. The quantitative estimate of drug-likeness (QED) is 0.899. The van der Waals surface area contributed by atoms with Gasteiger partial charge in [0.05, 0.1) is 4.90 Å². The number of nitrogens with zero attached hydrogens (tertiary/aromatic N) is 1. The van der Waals surface area contributed by atoms with Gasteiger partial charge in [-0.1, -0.05) is 13.8 Å². The smallest absolute Gasteiger partial charge is 0.243 e. The summed E-state index contributed by atoms with van der Waals surface area (Å²) in [5, 5.41) is 2.66. The van der Waals surface area contributed by atoms with Gasteiger partial charge in [0.2, 0.25) is 15.9 Å². The Morgan fingerprint density at radius 3 is 2.26 bits per heavy atom. The molecule has 6 heteroatoms. The van der Waals surface area contributed by atoms with E-state index in [1.54, 1.807) is 32.9 Å². The molecule has 0 bridgehead atoms. The molecule has 1 rings (SSSR count). The van der Waals surface area contributed by atoms with Gasteiger partial charge in [0.15, 0.2) is 0 Å². The molecule has 0 aliphatic carbocycles. The zero-order chi connectivity index (χ0) is 14.6. The van der Waals surface area contributed by atoms with Gasteiger partial charge in [0.1, 0.15) is 0 Å². The van der Waals surface area contributed by atoms with Gasteiger partial charge in [-0.2, -0.15) is 4.31 Å². The van der Waals surface area contributed by atoms with Gasteiger partial charge < -0.3 is 5.32 Å². The summed E-state index contributed by atoms with van der Waals surface area (Å²) in [6.45, 7) is 7.67. The minimum atomic E-state index is -3.45. The van der Waals surface area contributed by atoms with E-state index < -0.39 is 10.0 Å². The number of carbonyl (C=O) groups excluding carboxylic acids is 1. The topological polar surface area (TPSA) is 66.5 Å². The van der Waals surface area contributed by atoms with Crippen LogP contribution in [-0.2, 0) is 14.8 Å². The molecule has 0 heterocycles. The van der Waals surface area contributed by atoms with Crippen LogP contribution < -0.4 is 5.32 Å². The van der Waals surface area contributed by atoms with E-state index in [-0.39, 0.29) is 10.8 Å². The summed E-state index contributed by atoms with van der Waals surface area (Å²) in [7, 11) is -3.45. The van der Waals surface area contributed by atoms with Gasteiger partial charge in [-0.05, 0) is 30.7 Å². The number of benzene rings is 1. The van der Waals surface area contributed by atoms with E-state index in [4.69, 9.17) is 0 Å². The van der Waals surface area contributed by atoms with Crippen molar-refractivity contribution in [2.24, 2.45) is 0 Å². The van der Waals surface area contributed by atoms with E-state index in [9.17, 15) is 13.2 Å². The van der Waals surface area contributed by atoms with Gasteiger partial charge in [-0.3, -0.25) is 4.79 Å². The van der Waals surface area contributed by atoms with Crippen molar-refractivity contribution in [3.8, 4) is 0 Å². The summed E-state index contributed by atoms with van der Waals surface area (Å²) in [6, 6.07) is 4.72. The number of rotatable bonds is 5. The Balaban J connectivity index is 3.17. The molecule has 0 spiro atoms. The molecule has 5 nitrogen and oxygen atoms in total. The van der Waals surface area contributed by atoms with Gasteiger partial charge in [-0.15, -0.1) is 0 Å². The third kappa shape index (κ3) is 3.54. The molecule has 0 atom stereocenters. The Morgan fingerprint density at radius 2 is 1.84 bits per heavy atom. The molecule has 19 heavy (non-hydrogen) atoms. The fraction of sp³-hybridized carbons (Fsp3) is 0.462. The molecule has 0 aromatic heterocycles. The average Bonchev–Trinajstić information content (AvgIpc) is 2.32. The normalized spacial score (nSPS) is 11.6. The number of anilines is 1. The van der Waals surface area contributed by atoms with E-state index in [2.05, 4.69) is 5.32 Å². The molecule has 106 valence electrons. The maximum absolute atomic E-state index is 12.3. The highest BCUT2D eigenvalue weighted by Crippen LogP contribution is 2.22. The lowest BCUT2D eigenvalue weighted by Crippen LogP contribution is -2.30. The molecule has 1 amide bonds. The summed E-state index contributed by atoms with van der Waals surface area (Å²) in [5.41, 5.74) is 1.36. The van der Waals surface area contributed by atoms with Gasteiger partial charge in [0, 0.05) is 25.7 Å². The first kappa shape index (κ1) is 15.7. The fourth-order valence-electron chi connectivity index (χ4n) is 1.84. The van der Waals surface area contributed by atoms with Crippen molar-refractivity contribution >= 4 is 21.6 Å². The van der Waals surface area contributed by atoms with Crippen LogP contribution >= 0.6 is 0 Å². The molecule has 0 saturated carbocycles. The van der Waals surface area contributed by atoms with Crippen LogP contribution in [-0.4, -0.2) is 31.7 Å². The van der Waals surface area contributed by atoms with E-state index >= 15 is 0 Å². The molecule has 0 saturated heterocycles. The first-order chi connectivity index (χ1) is 8.82. The fourth-order valence-corrected chi connectivity index (χ4v) is 3.38. The van der Waals surface area contributed by atoms with Crippen LogP contribution in [0.1, 0.15) is 26.3 Å². The van der Waals surface area contributed by atoms with Crippen molar-refractivity contribution in [3.05, 3.63) is 23.8 Å². The number of aryl methyl sites for hydroxylation is 1. The van der Waals surface area contributed by atoms with Crippen molar-refractivity contribution in [3.63, 3.8) is 0 Å². The van der Waals surface area contributed by atoms with Crippen LogP contribution in [0, 0.1) is 6.92 Å². The minimum Gasteiger partial charge on any atom is -0.326 e. The first-order valence-corrected chi connectivity index (χ1v) is 7.65. The lowest BCUT2D eigenvalue weighted by Gasteiger charge is -2.19. The number of hydrogen-bond acceptors (Lipinski definition) is 3. The Hall–Kier alpha value is -1.40. The Bertz CT molecular complexity index is 563. The summed E-state index contributed by atoms with van der Waals surface area (Å²) in [4.78, 5) is 11.3. The van der Waals surface area contributed by atoms with Gasteiger partial charge in [0.25, 0.3) is 0 Å². The number of hydrogen-bond donors (Lipinski definition) is 1. The number of nitrogens with one attached hydrogen (secondary N) is 1. The zero-order valence-corrected chi connectivity index (χ0v) is 12.5. The highest BCUT2D eigenvalue weighted by molar-refractivity contribution is 7.89. The minimum absolute atomic E-state index is 0.178. The Kier molecular flexibility index (Phi) is 5.08. The summed E-state index contributed by atoms with van der Waals surface area (Å²) in [6.07, 6.45) is 0. The summed E-state index contributed by atoms with van der Waals surface area (Å²) in [5.74, 6) is -0.178. The maximum Gasteiger partial charge on any atom is 0.243 e. The predicted molar refractivity (Wildman–Crippen MR) is 75.6 cm³/mol. The second-order valence-corrected chi connectivity index (χ2v) is 6.19. The molecule has 1 aromatic rings. The lowest BCUT2D eigenvalue weighted by molar-refractivity contribution is -0.114. The van der Waals surface area contributed by atoms with E-state index in [1.807, 2.05) is 0 Å². The number of sulfonamides is 1. The molecular weight excluding hydrogens is 264 g/mol. The largest absolute Gasteiger partial charge is 0.326 e. The molecule has 1 N–H and O–H groups in total. The SMILES string of the molecule is CCN(CC)S(=O)(=O)c1ccc(NC(C)=O)c(C)c1. The van der Waals surface area contributed by atoms with Crippen molar-refractivity contribution in [1.29, 1.82) is 0 Å². The molecule has 0 aliphatic heterocycles. The monoisotopic (exact) mass is 284 g/mol. The molecular formula is C13H20N2O3S. The van der Waals surface area contributed by atoms with Crippen molar-refractivity contribution in [1.82, 2.24) is 4.31 Å². The molecule has 0 unspecified atom stereocenters. The first-order valence-electron chi connectivity index (χ1n) is 6.21. The van der Waals surface area contributed by atoms with Crippen molar-refractivity contribution < 1.29 is 13.2 Å². The Labute approximate surface area is 114 Å². The van der Waals surface area contributed by atoms with E-state index in [1.165, 1.54) is 17.3 Å². The third-order valence-electron chi connectivity index (χ3n) is 2.85. The van der Waals surface area contributed by atoms with Crippen molar-refractivity contribution in [2.75, 3.05) is 18.4 Å². The summed E-state index contributed by atoms with van der Waals surface area (Å²) >= 11 is 0. The summed E-state index contributed by atoms with van der Waals surface area (Å²) < 4.78 is 26.0. The van der Waals surface area contributed by atoms with Crippen LogP contribution in [0.15, 0.2) is 23.1 Å². The highest BCUT2D eigenvalue weighted by Gasteiger charge is 2.21. The second-order valence-electron chi connectivity index (χ2n) is 4.25. The molecule has 0 aliphatic rings. The Morgan fingerprint density at radius 1 is 1.26 bits per heavy atom. The second kappa shape index (κ2) is 6.16. The average molecular weight is 284 g/mol. The standard InChI is InChI=1S/C13H20N2O3S/c1-5-15(6-2)19(17,18)12-7-8-13(10(3)9-12)14-11(4)16/h7-9H,5-6H2,1-4H3,(H,14,16).